The zero-order chi connectivity index (χ0) is 20.8. The Morgan fingerprint density at radius 1 is 1.00 bits per heavy atom. The lowest BCUT2D eigenvalue weighted by Gasteiger charge is -2.31. The lowest BCUT2D eigenvalue weighted by molar-refractivity contribution is 0.0697. The molecule has 0 saturated heterocycles. The normalized spacial score (nSPS) is 14.1. The zero-order valence-corrected chi connectivity index (χ0v) is 19.3. The third kappa shape index (κ3) is 5.54. The van der Waals surface area contributed by atoms with E-state index in [2.05, 4.69) is 33.2 Å². The van der Waals surface area contributed by atoms with E-state index in [0.717, 1.165) is 29.3 Å². The lowest BCUT2D eigenvalue weighted by atomic mass is 9.94. The smallest absolute Gasteiger partial charge is 0.258 e. The van der Waals surface area contributed by atoms with Gasteiger partial charge in [-0.25, -0.2) is 0 Å². The van der Waals surface area contributed by atoms with Gasteiger partial charge in [0, 0.05) is 16.7 Å². The van der Waals surface area contributed by atoms with Crippen molar-refractivity contribution in [1.29, 1.82) is 0 Å². The van der Waals surface area contributed by atoms with Crippen molar-refractivity contribution < 1.29 is 9.59 Å². The second-order valence-electron chi connectivity index (χ2n) is 7.14. The van der Waals surface area contributed by atoms with Crippen LogP contribution < -0.4 is 10.6 Å². The van der Waals surface area contributed by atoms with Crippen LogP contribution in [0.2, 0.25) is 0 Å². The molecule has 0 radical (unpaired) electrons. The molecule has 0 aliphatic heterocycles. The Labute approximate surface area is 190 Å². The van der Waals surface area contributed by atoms with Crippen LogP contribution in [-0.2, 0) is 0 Å². The molecule has 0 atom stereocenters. The topological polar surface area (TPSA) is 61.4 Å². The predicted molar refractivity (Wildman–Crippen MR) is 128 cm³/mol. The van der Waals surface area contributed by atoms with Crippen molar-refractivity contribution in [1.82, 2.24) is 10.2 Å². The molecule has 5 nitrogen and oxygen atoms in total. The molecule has 0 spiro atoms. The number of hydrogen-bond acceptors (Lipinski definition) is 3. The third-order valence-electron chi connectivity index (χ3n) is 5.19. The van der Waals surface area contributed by atoms with Gasteiger partial charge in [0.05, 0.1) is 16.8 Å². The number of halogens is 1. The molecule has 152 valence electrons. The summed E-state index contributed by atoms with van der Waals surface area (Å²) >= 11 is 7.44. The fourth-order valence-corrected chi connectivity index (χ4v) is 4.41. The standard InChI is InChI=1S/C22H24IN3O2S/c1-26(15-9-3-2-4-10-15)21(28)17-12-6-8-14-19(17)24-22(29)25-20(27)16-11-5-7-13-18(16)23/h5-8,11-15H,2-4,9-10H2,1H3,(H2,24,25,27,29). The molecule has 0 bridgehead atoms. The summed E-state index contributed by atoms with van der Waals surface area (Å²) in [6, 6.07) is 14.8. The van der Waals surface area contributed by atoms with Gasteiger partial charge in [0.2, 0.25) is 0 Å². The van der Waals surface area contributed by atoms with Gasteiger partial charge in [-0.15, -0.1) is 0 Å². The second kappa shape index (κ2) is 10.2. The summed E-state index contributed by atoms with van der Waals surface area (Å²) < 4.78 is 0.843. The van der Waals surface area contributed by atoms with Gasteiger partial charge in [-0.05, 0) is 71.9 Å². The van der Waals surface area contributed by atoms with Gasteiger partial charge < -0.3 is 10.2 Å². The number of hydrogen-bond donors (Lipinski definition) is 2. The Hall–Kier alpha value is -2.00. The highest BCUT2D eigenvalue weighted by Gasteiger charge is 2.24. The van der Waals surface area contributed by atoms with Crippen LogP contribution in [0.1, 0.15) is 52.8 Å². The van der Waals surface area contributed by atoms with Gasteiger partial charge in [-0.2, -0.15) is 0 Å². The van der Waals surface area contributed by atoms with Gasteiger partial charge in [0.15, 0.2) is 5.11 Å². The molecule has 7 heteroatoms. The van der Waals surface area contributed by atoms with E-state index < -0.39 is 0 Å². The average Bonchev–Trinajstić information content (AvgIpc) is 2.74. The minimum atomic E-state index is -0.282. The molecule has 0 unspecified atom stereocenters. The number of thiocarbonyl (C=S) groups is 1. The van der Waals surface area contributed by atoms with E-state index in [4.69, 9.17) is 12.2 Å². The molecule has 29 heavy (non-hydrogen) atoms. The summed E-state index contributed by atoms with van der Waals surface area (Å²) in [5.74, 6) is -0.317. The first-order chi connectivity index (χ1) is 14.0. The van der Waals surface area contributed by atoms with Crippen LogP contribution in [0.25, 0.3) is 0 Å². The van der Waals surface area contributed by atoms with Crippen molar-refractivity contribution in [2.75, 3.05) is 12.4 Å². The van der Waals surface area contributed by atoms with E-state index in [0.29, 0.717) is 16.8 Å². The Balaban J connectivity index is 1.70. The maximum atomic E-state index is 13.1. The van der Waals surface area contributed by atoms with Crippen molar-refractivity contribution in [3.05, 3.63) is 63.2 Å². The van der Waals surface area contributed by atoms with Gasteiger partial charge in [-0.3, -0.25) is 14.9 Å². The number of carbonyl (C=O) groups excluding carboxylic acids is 2. The van der Waals surface area contributed by atoms with E-state index in [9.17, 15) is 9.59 Å². The summed E-state index contributed by atoms with van der Waals surface area (Å²) in [4.78, 5) is 27.4. The van der Waals surface area contributed by atoms with Gasteiger partial charge in [-0.1, -0.05) is 43.5 Å². The average molecular weight is 521 g/mol. The number of nitrogens with one attached hydrogen (secondary N) is 2. The quantitative estimate of drug-likeness (QED) is 0.448. The summed E-state index contributed by atoms with van der Waals surface area (Å²) in [5, 5.41) is 5.88. The molecule has 2 aromatic rings. The molecule has 2 aromatic carbocycles. The van der Waals surface area contributed by atoms with E-state index in [1.165, 1.54) is 6.42 Å². The van der Waals surface area contributed by atoms with Crippen LogP contribution >= 0.6 is 34.8 Å². The molecule has 3 rings (SSSR count). The minimum Gasteiger partial charge on any atom is -0.339 e. The van der Waals surface area contributed by atoms with Crippen LogP contribution in [0.5, 0.6) is 0 Å². The molecule has 2 amide bonds. The Bertz CT molecular complexity index is 912. The number of benzene rings is 2. The molecule has 1 aliphatic rings. The monoisotopic (exact) mass is 521 g/mol. The number of carbonyl (C=O) groups is 2. The second-order valence-corrected chi connectivity index (χ2v) is 8.71. The number of anilines is 1. The van der Waals surface area contributed by atoms with E-state index in [-0.39, 0.29) is 23.0 Å². The van der Waals surface area contributed by atoms with Crippen LogP contribution in [0.4, 0.5) is 5.69 Å². The number of nitrogens with zero attached hydrogens (tertiary/aromatic N) is 1. The zero-order valence-electron chi connectivity index (χ0n) is 16.3. The van der Waals surface area contributed by atoms with Crippen molar-refractivity contribution in [3.8, 4) is 0 Å². The highest BCUT2D eigenvalue weighted by Crippen LogP contribution is 2.25. The van der Waals surface area contributed by atoms with Crippen LogP contribution in [0, 0.1) is 3.57 Å². The van der Waals surface area contributed by atoms with Gasteiger partial charge in [0.1, 0.15) is 0 Å². The molecule has 1 fully saturated rings. The fourth-order valence-electron chi connectivity index (χ4n) is 3.57. The first kappa shape index (κ1) is 21.7. The highest BCUT2D eigenvalue weighted by atomic mass is 127. The molecular formula is C22H24IN3O2S. The maximum absolute atomic E-state index is 13.1. The fraction of sp³-hybridized carbons (Fsp3) is 0.318. The molecule has 1 aliphatic carbocycles. The number of amides is 2. The Kier molecular flexibility index (Phi) is 7.60. The van der Waals surface area contributed by atoms with Gasteiger partial charge >= 0.3 is 0 Å². The van der Waals surface area contributed by atoms with Crippen LogP contribution in [0.15, 0.2) is 48.5 Å². The van der Waals surface area contributed by atoms with Crippen molar-refractivity contribution in [3.63, 3.8) is 0 Å². The van der Waals surface area contributed by atoms with Crippen LogP contribution in [0.3, 0.4) is 0 Å². The first-order valence-corrected chi connectivity index (χ1v) is 11.2. The summed E-state index contributed by atoms with van der Waals surface area (Å²) in [6.45, 7) is 0. The molecule has 0 heterocycles. The van der Waals surface area contributed by atoms with Crippen LogP contribution in [-0.4, -0.2) is 34.9 Å². The minimum absolute atomic E-state index is 0.0354. The maximum Gasteiger partial charge on any atom is 0.258 e. The predicted octanol–water partition coefficient (Wildman–Crippen LogP) is 4.82. The first-order valence-electron chi connectivity index (χ1n) is 9.70. The highest BCUT2D eigenvalue weighted by molar-refractivity contribution is 14.1. The Morgan fingerprint density at radius 3 is 2.31 bits per heavy atom. The lowest BCUT2D eigenvalue weighted by Crippen LogP contribution is -2.39. The summed E-state index contributed by atoms with van der Waals surface area (Å²) in [7, 11) is 1.87. The largest absolute Gasteiger partial charge is 0.339 e. The summed E-state index contributed by atoms with van der Waals surface area (Å²) in [5.41, 5.74) is 1.69. The van der Waals surface area contributed by atoms with Gasteiger partial charge in [0.25, 0.3) is 11.8 Å². The van der Waals surface area contributed by atoms with Crippen molar-refractivity contribution in [2.45, 2.75) is 38.1 Å². The molecule has 2 N–H and O–H groups in total. The number of para-hydroxylation sites is 1. The van der Waals surface area contributed by atoms with E-state index in [1.807, 2.05) is 42.3 Å². The molecule has 1 saturated carbocycles. The number of rotatable bonds is 4. The van der Waals surface area contributed by atoms with E-state index in [1.54, 1.807) is 18.2 Å². The molecular weight excluding hydrogens is 497 g/mol. The molecule has 0 aromatic heterocycles. The van der Waals surface area contributed by atoms with Crippen molar-refractivity contribution >= 4 is 57.4 Å². The third-order valence-corrected chi connectivity index (χ3v) is 6.34. The SMILES string of the molecule is CN(C(=O)c1ccccc1NC(=S)NC(=O)c1ccccc1I)C1CCCCC1. The van der Waals surface area contributed by atoms with Crippen molar-refractivity contribution in [2.24, 2.45) is 0 Å². The summed E-state index contributed by atoms with van der Waals surface area (Å²) in [6.07, 6.45) is 5.65. The van der Waals surface area contributed by atoms with E-state index >= 15 is 0 Å². The Morgan fingerprint density at radius 2 is 1.62 bits per heavy atom.